The van der Waals surface area contributed by atoms with Crippen LogP contribution in [0.15, 0.2) is 12.4 Å². The van der Waals surface area contributed by atoms with Gasteiger partial charge in [0.05, 0.1) is 13.1 Å². The molecule has 0 spiro atoms. The van der Waals surface area contributed by atoms with Crippen molar-refractivity contribution in [2.24, 2.45) is 0 Å². The molecular formula is C29H57N2+. The van der Waals surface area contributed by atoms with E-state index in [-0.39, 0.29) is 0 Å². The van der Waals surface area contributed by atoms with Gasteiger partial charge in [-0.05, 0) is 19.3 Å². The Hall–Kier alpha value is -0.790. The Labute approximate surface area is 196 Å². The highest BCUT2D eigenvalue weighted by Gasteiger charge is 2.15. The molecule has 0 amide bonds. The topological polar surface area (TPSA) is 8.81 Å². The molecular weight excluding hydrogens is 376 g/mol. The van der Waals surface area contributed by atoms with Crippen LogP contribution >= 0.6 is 0 Å². The summed E-state index contributed by atoms with van der Waals surface area (Å²) in [5.41, 5.74) is 0. The van der Waals surface area contributed by atoms with Crippen LogP contribution in [-0.4, -0.2) is 4.57 Å². The van der Waals surface area contributed by atoms with E-state index in [9.17, 15) is 0 Å². The van der Waals surface area contributed by atoms with Gasteiger partial charge in [-0.1, -0.05) is 130 Å². The number of rotatable bonds is 23. The summed E-state index contributed by atoms with van der Waals surface area (Å²) < 4.78 is 5.06. The van der Waals surface area contributed by atoms with Crippen LogP contribution in [0.5, 0.6) is 0 Å². The van der Waals surface area contributed by atoms with Gasteiger partial charge in [0.1, 0.15) is 12.4 Å². The molecule has 0 saturated carbocycles. The highest BCUT2D eigenvalue weighted by Crippen LogP contribution is 2.14. The third-order valence-electron chi connectivity index (χ3n) is 6.85. The molecule has 0 N–H and O–H groups in total. The van der Waals surface area contributed by atoms with Gasteiger partial charge in [0.2, 0.25) is 0 Å². The van der Waals surface area contributed by atoms with E-state index in [1.165, 1.54) is 148 Å². The lowest BCUT2D eigenvalue weighted by Gasteiger charge is -2.06. The second-order valence-corrected chi connectivity index (χ2v) is 9.86. The van der Waals surface area contributed by atoms with Crippen LogP contribution < -0.4 is 4.57 Å². The molecule has 0 aromatic carbocycles. The lowest BCUT2D eigenvalue weighted by Crippen LogP contribution is -2.37. The summed E-state index contributed by atoms with van der Waals surface area (Å²) in [5.74, 6) is 1.58. The van der Waals surface area contributed by atoms with Crippen LogP contribution in [-0.2, 0) is 19.5 Å². The molecule has 0 saturated heterocycles. The van der Waals surface area contributed by atoms with Crippen molar-refractivity contribution in [2.45, 2.75) is 169 Å². The van der Waals surface area contributed by atoms with E-state index in [0.717, 1.165) is 0 Å². The summed E-state index contributed by atoms with van der Waals surface area (Å²) in [6.07, 6.45) is 34.2. The summed E-state index contributed by atoms with van der Waals surface area (Å²) in [5, 5.41) is 0. The SMILES string of the molecule is CCCCCCCCCCCCCCCCCCc1n(CCCC)cc[n+]1CCCC. The summed E-state index contributed by atoms with van der Waals surface area (Å²) in [4.78, 5) is 0. The molecule has 182 valence electrons. The Kier molecular flexibility index (Phi) is 19.2. The van der Waals surface area contributed by atoms with Crippen molar-refractivity contribution in [2.75, 3.05) is 0 Å². The lowest BCUT2D eigenvalue weighted by atomic mass is 10.0. The Morgan fingerprint density at radius 3 is 1.48 bits per heavy atom. The number of aromatic nitrogens is 2. The van der Waals surface area contributed by atoms with Gasteiger partial charge in [-0.15, -0.1) is 0 Å². The maximum Gasteiger partial charge on any atom is 0.256 e. The van der Waals surface area contributed by atoms with E-state index in [0.29, 0.717) is 0 Å². The van der Waals surface area contributed by atoms with Crippen molar-refractivity contribution < 1.29 is 4.57 Å². The Morgan fingerprint density at radius 1 is 0.548 bits per heavy atom. The minimum Gasteiger partial charge on any atom is -0.234 e. The molecule has 0 unspecified atom stereocenters. The van der Waals surface area contributed by atoms with Gasteiger partial charge in [0.25, 0.3) is 5.82 Å². The third-order valence-corrected chi connectivity index (χ3v) is 6.85. The predicted molar refractivity (Wildman–Crippen MR) is 138 cm³/mol. The molecule has 31 heavy (non-hydrogen) atoms. The van der Waals surface area contributed by atoms with Crippen LogP contribution in [0.4, 0.5) is 0 Å². The summed E-state index contributed by atoms with van der Waals surface area (Å²) in [6, 6.07) is 0. The third kappa shape index (κ3) is 14.8. The number of imidazole rings is 1. The normalized spacial score (nSPS) is 11.5. The maximum absolute atomic E-state index is 2.53. The molecule has 0 aliphatic carbocycles. The molecule has 2 heteroatoms. The highest BCUT2D eigenvalue weighted by atomic mass is 15.1. The molecule has 0 aliphatic rings. The Morgan fingerprint density at radius 2 is 1.00 bits per heavy atom. The van der Waals surface area contributed by atoms with E-state index in [4.69, 9.17) is 0 Å². The van der Waals surface area contributed by atoms with E-state index in [1.807, 2.05) is 0 Å². The summed E-state index contributed by atoms with van der Waals surface area (Å²) in [6.45, 7) is 9.29. The zero-order valence-corrected chi connectivity index (χ0v) is 21.8. The average molecular weight is 434 g/mol. The van der Waals surface area contributed by atoms with Crippen molar-refractivity contribution in [1.82, 2.24) is 4.57 Å². The van der Waals surface area contributed by atoms with E-state index < -0.39 is 0 Å². The first-order valence-corrected chi connectivity index (χ1v) is 14.4. The molecule has 1 rings (SSSR count). The number of hydrogen-bond acceptors (Lipinski definition) is 0. The molecule has 1 aromatic heterocycles. The van der Waals surface area contributed by atoms with Crippen LogP contribution in [0.1, 0.15) is 155 Å². The van der Waals surface area contributed by atoms with Gasteiger partial charge in [0, 0.05) is 6.42 Å². The first-order valence-electron chi connectivity index (χ1n) is 14.4. The molecule has 1 aromatic rings. The number of aryl methyl sites for hydroxylation is 2. The fourth-order valence-corrected chi connectivity index (χ4v) is 4.68. The standard InChI is InChI=1S/C29H57N2/c1-4-7-10-11-12-13-14-15-16-17-18-19-20-21-22-23-24-29-30(25-8-5-2)27-28-31(29)26-9-6-3/h27-28H,4-26H2,1-3H3/q+1. The Bertz CT molecular complexity index is 465. The van der Waals surface area contributed by atoms with Crippen LogP contribution in [0.2, 0.25) is 0 Å². The van der Waals surface area contributed by atoms with Crippen molar-refractivity contribution in [1.29, 1.82) is 0 Å². The number of hydrogen-bond donors (Lipinski definition) is 0. The first-order chi connectivity index (χ1) is 15.3. The van der Waals surface area contributed by atoms with Gasteiger partial charge in [-0.3, -0.25) is 0 Å². The monoisotopic (exact) mass is 433 g/mol. The van der Waals surface area contributed by atoms with Gasteiger partial charge >= 0.3 is 0 Å². The average Bonchev–Trinajstić information content (AvgIpc) is 3.17. The molecule has 2 nitrogen and oxygen atoms in total. The fraction of sp³-hybridized carbons (Fsp3) is 0.897. The highest BCUT2D eigenvalue weighted by molar-refractivity contribution is 4.84. The predicted octanol–water partition coefficient (Wildman–Crippen LogP) is 9.18. The maximum atomic E-state index is 2.53. The molecule has 0 fully saturated rings. The van der Waals surface area contributed by atoms with Crippen LogP contribution in [0.3, 0.4) is 0 Å². The second kappa shape index (κ2) is 21.1. The molecule has 0 atom stereocenters. The van der Waals surface area contributed by atoms with E-state index >= 15 is 0 Å². The van der Waals surface area contributed by atoms with Crippen LogP contribution in [0.25, 0.3) is 0 Å². The first kappa shape index (κ1) is 28.2. The zero-order chi connectivity index (χ0) is 22.4. The largest absolute Gasteiger partial charge is 0.256 e. The van der Waals surface area contributed by atoms with E-state index in [1.54, 1.807) is 5.82 Å². The molecule has 0 aliphatic heterocycles. The van der Waals surface area contributed by atoms with Gasteiger partial charge in [-0.2, -0.15) is 0 Å². The van der Waals surface area contributed by atoms with Gasteiger partial charge in [-0.25, -0.2) is 9.13 Å². The second-order valence-electron chi connectivity index (χ2n) is 9.86. The zero-order valence-electron chi connectivity index (χ0n) is 21.8. The number of nitrogens with zero attached hydrogens (tertiary/aromatic N) is 2. The minimum atomic E-state index is 1.20. The quantitative estimate of drug-likeness (QED) is 0.120. The lowest BCUT2D eigenvalue weighted by molar-refractivity contribution is -0.704. The van der Waals surface area contributed by atoms with Crippen molar-refractivity contribution in [3.05, 3.63) is 18.2 Å². The Balaban J connectivity index is 2.00. The minimum absolute atomic E-state index is 1.20. The summed E-state index contributed by atoms with van der Waals surface area (Å²) in [7, 11) is 0. The van der Waals surface area contributed by atoms with Gasteiger partial charge < -0.3 is 0 Å². The molecule has 0 radical (unpaired) electrons. The van der Waals surface area contributed by atoms with Crippen molar-refractivity contribution in [3.63, 3.8) is 0 Å². The number of unbranched alkanes of at least 4 members (excludes halogenated alkanes) is 17. The molecule has 0 bridgehead atoms. The van der Waals surface area contributed by atoms with Crippen molar-refractivity contribution >= 4 is 0 Å². The van der Waals surface area contributed by atoms with Crippen LogP contribution in [0, 0.1) is 0 Å². The van der Waals surface area contributed by atoms with Crippen molar-refractivity contribution in [3.8, 4) is 0 Å². The smallest absolute Gasteiger partial charge is 0.234 e. The summed E-state index contributed by atoms with van der Waals surface area (Å²) >= 11 is 0. The molecule has 1 heterocycles. The van der Waals surface area contributed by atoms with Gasteiger partial charge in [0.15, 0.2) is 0 Å². The fourth-order valence-electron chi connectivity index (χ4n) is 4.68. The van der Waals surface area contributed by atoms with E-state index in [2.05, 4.69) is 42.3 Å².